The van der Waals surface area contributed by atoms with Crippen LogP contribution < -0.4 is 0 Å². The molecule has 0 aliphatic rings. The molecule has 1 heterocycles. The number of carbonyl (C=O) groups excluding carboxylic acids is 1. The Labute approximate surface area is 134 Å². The van der Waals surface area contributed by atoms with Gasteiger partial charge >= 0.3 is 0 Å². The maximum atomic E-state index is 12.4. The van der Waals surface area contributed by atoms with Gasteiger partial charge in [0.2, 0.25) is 5.91 Å². The molecule has 22 heavy (non-hydrogen) atoms. The molecule has 0 unspecified atom stereocenters. The third-order valence-electron chi connectivity index (χ3n) is 3.36. The van der Waals surface area contributed by atoms with Crippen molar-refractivity contribution in [3.8, 4) is 0 Å². The molecule has 1 amide bonds. The summed E-state index contributed by atoms with van der Waals surface area (Å²) in [7, 11) is 0. The van der Waals surface area contributed by atoms with Gasteiger partial charge in [0.05, 0.1) is 25.0 Å². The highest BCUT2D eigenvalue weighted by atomic mass is 35.5. The lowest BCUT2D eigenvalue weighted by Gasteiger charge is -2.21. The average Bonchev–Trinajstić information content (AvgIpc) is 2.90. The summed E-state index contributed by atoms with van der Waals surface area (Å²) in [5.41, 5.74) is 1.89. The number of imidazole rings is 1. The van der Waals surface area contributed by atoms with Crippen LogP contribution in [-0.4, -0.2) is 39.0 Å². The van der Waals surface area contributed by atoms with E-state index >= 15 is 0 Å². The van der Waals surface area contributed by atoms with Gasteiger partial charge in [0.1, 0.15) is 5.82 Å². The van der Waals surface area contributed by atoms with Crippen LogP contribution >= 0.6 is 11.6 Å². The summed E-state index contributed by atoms with van der Waals surface area (Å²) in [5, 5.41) is 9.82. The fourth-order valence-corrected chi connectivity index (χ4v) is 2.49. The van der Waals surface area contributed by atoms with Gasteiger partial charge in [0.15, 0.2) is 0 Å². The number of rotatable bonds is 7. The van der Waals surface area contributed by atoms with E-state index < -0.39 is 0 Å². The zero-order valence-electron chi connectivity index (χ0n) is 12.6. The number of nitrogens with zero attached hydrogens (tertiary/aromatic N) is 2. The number of aromatic amines is 1. The first kappa shape index (κ1) is 16.5. The molecule has 2 N–H and O–H groups in total. The molecule has 118 valence electrons. The van der Waals surface area contributed by atoms with Gasteiger partial charge in [-0.2, -0.15) is 0 Å². The Morgan fingerprint density at radius 3 is 2.91 bits per heavy atom. The highest BCUT2D eigenvalue weighted by molar-refractivity contribution is 6.30. The van der Waals surface area contributed by atoms with Crippen molar-refractivity contribution < 1.29 is 9.90 Å². The first-order valence-electron chi connectivity index (χ1n) is 7.22. The van der Waals surface area contributed by atoms with Crippen molar-refractivity contribution in [3.05, 3.63) is 52.6 Å². The molecule has 0 aliphatic heterocycles. The monoisotopic (exact) mass is 321 g/mol. The molecular formula is C16H20ClN3O2. The average molecular weight is 322 g/mol. The van der Waals surface area contributed by atoms with Crippen molar-refractivity contribution in [3.63, 3.8) is 0 Å². The maximum Gasteiger partial charge on any atom is 0.223 e. The van der Waals surface area contributed by atoms with Crippen LogP contribution in [0.5, 0.6) is 0 Å². The molecule has 0 spiro atoms. The minimum Gasteiger partial charge on any atom is -0.395 e. The second kappa shape index (κ2) is 7.96. The summed E-state index contributed by atoms with van der Waals surface area (Å²) < 4.78 is 0. The molecule has 2 aromatic rings. The normalized spacial score (nSPS) is 10.7. The number of benzene rings is 1. The van der Waals surface area contributed by atoms with Crippen LogP contribution in [0.25, 0.3) is 0 Å². The zero-order valence-corrected chi connectivity index (χ0v) is 13.3. The smallest absolute Gasteiger partial charge is 0.223 e. The van der Waals surface area contributed by atoms with E-state index in [4.69, 9.17) is 16.7 Å². The Morgan fingerprint density at radius 2 is 2.27 bits per heavy atom. The first-order chi connectivity index (χ1) is 10.6. The maximum absolute atomic E-state index is 12.4. The Morgan fingerprint density at radius 1 is 1.45 bits per heavy atom. The van der Waals surface area contributed by atoms with E-state index in [1.165, 1.54) is 0 Å². The van der Waals surface area contributed by atoms with Gasteiger partial charge in [-0.25, -0.2) is 4.98 Å². The summed E-state index contributed by atoms with van der Waals surface area (Å²) >= 11 is 5.94. The molecule has 0 aliphatic carbocycles. The van der Waals surface area contributed by atoms with Crippen molar-refractivity contribution in [2.45, 2.75) is 26.3 Å². The van der Waals surface area contributed by atoms with Crippen LogP contribution in [0.2, 0.25) is 5.02 Å². The Hall–Kier alpha value is -1.85. The van der Waals surface area contributed by atoms with E-state index in [-0.39, 0.29) is 12.5 Å². The number of hydrogen-bond acceptors (Lipinski definition) is 3. The van der Waals surface area contributed by atoms with Crippen LogP contribution in [0.3, 0.4) is 0 Å². The molecule has 6 heteroatoms. The number of aromatic nitrogens is 2. The summed E-state index contributed by atoms with van der Waals surface area (Å²) in [6.45, 7) is 2.54. The Bertz CT molecular complexity index is 627. The zero-order chi connectivity index (χ0) is 15.9. The number of carbonyl (C=O) groups is 1. The van der Waals surface area contributed by atoms with Crippen LogP contribution in [0.15, 0.2) is 30.5 Å². The molecule has 0 saturated carbocycles. The van der Waals surface area contributed by atoms with Crippen LogP contribution in [0, 0.1) is 6.92 Å². The van der Waals surface area contributed by atoms with Crippen molar-refractivity contribution in [2.75, 3.05) is 13.2 Å². The predicted molar refractivity (Wildman–Crippen MR) is 85.6 cm³/mol. The minimum atomic E-state index is -0.0595. The molecule has 0 fully saturated rings. The van der Waals surface area contributed by atoms with Gasteiger partial charge in [-0.05, 0) is 31.0 Å². The second-order valence-corrected chi connectivity index (χ2v) is 5.60. The number of halogens is 1. The Balaban J connectivity index is 1.94. The lowest BCUT2D eigenvalue weighted by Crippen LogP contribution is -2.33. The molecule has 1 aromatic heterocycles. The summed E-state index contributed by atoms with van der Waals surface area (Å²) in [6, 6.07) is 7.50. The van der Waals surface area contributed by atoms with E-state index in [0.29, 0.717) is 31.0 Å². The fraction of sp³-hybridized carbons (Fsp3) is 0.375. The summed E-state index contributed by atoms with van der Waals surface area (Å²) in [5.74, 6) is 0.812. The number of aliphatic hydroxyl groups is 1. The van der Waals surface area contributed by atoms with Crippen LogP contribution in [-0.2, 0) is 17.8 Å². The number of aryl methyl sites for hydroxylation is 2. The molecular weight excluding hydrogens is 302 g/mol. The number of aliphatic hydroxyl groups excluding tert-OH is 1. The standard InChI is InChI=1S/C16H20ClN3O2/c1-12-18-10-15(19-12)11-20(7-8-21)16(22)6-5-13-3-2-4-14(17)9-13/h2-4,9-10,21H,5-8,11H2,1H3,(H,18,19). The van der Waals surface area contributed by atoms with E-state index in [1.54, 1.807) is 11.1 Å². The molecule has 1 aromatic carbocycles. The first-order valence-corrected chi connectivity index (χ1v) is 7.60. The van der Waals surface area contributed by atoms with Crippen molar-refractivity contribution in [1.29, 1.82) is 0 Å². The third-order valence-corrected chi connectivity index (χ3v) is 3.59. The molecule has 0 saturated heterocycles. The third kappa shape index (κ3) is 4.86. The van der Waals surface area contributed by atoms with Crippen molar-refractivity contribution >= 4 is 17.5 Å². The van der Waals surface area contributed by atoms with Gasteiger partial charge in [0.25, 0.3) is 0 Å². The van der Waals surface area contributed by atoms with Crippen LogP contribution in [0.1, 0.15) is 23.5 Å². The van der Waals surface area contributed by atoms with Gasteiger partial charge < -0.3 is 15.0 Å². The highest BCUT2D eigenvalue weighted by Gasteiger charge is 2.14. The van der Waals surface area contributed by atoms with Crippen LogP contribution in [0.4, 0.5) is 0 Å². The number of H-pyrrole nitrogens is 1. The lowest BCUT2D eigenvalue weighted by molar-refractivity contribution is -0.132. The number of amides is 1. The number of hydrogen-bond donors (Lipinski definition) is 2. The molecule has 0 radical (unpaired) electrons. The fourth-order valence-electron chi connectivity index (χ4n) is 2.27. The predicted octanol–water partition coefficient (Wildman–Crippen LogP) is 2.33. The number of nitrogens with one attached hydrogen (secondary N) is 1. The second-order valence-electron chi connectivity index (χ2n) is 5.16. The van der Waals surface area contributed by atoms with Gasteiger partial charge in [-0.15, -0.1) is 0 Å². The quantitative estimate of drug-likeness (QED) is 0.822. The van der Waals surface area contributed by atoms with E-state index in [9.17, 15) is 4.79 Å². The van der Waals surface area contributed by atoms with Crippen molar-refractivity contribution in [2.24, 2.45) is 0 Å². The highest BCUT2D eigenvalue weighted by Crippen LogP contribution is 2.13. The van der Waals surface area contributed by atoms with E-state index in [0.717, 1.165) is 17.1 Å². The SMILES string of the molecule is Cc1ncc(CN(CCO)C(=O)CCc2cccc(Cl)c2)[nH]1. The van der Waals surface area contributed by atoms with E-state index in [1.807, 2.05) is 31.2 Å². The summed E-state index contributed by atoms with van der Waals surface area (Å²) in [6.07, 6.45) is 2.72. The van der Waals surface area contributed by atoms with Crippen molar-refractivity contribution in [1.82, 2.24) is 14.9 Å². The molecule has 2 rings (SSSR count). The van der Waals surface area contributed by atoms with Gasteiger partial charge in [0, 0.05) is 18.0 Å². The minimum absolute atomic E-state index is 0.00118. The lowest BCUT2D eigenvalue weighted by atomic mass is 10.1. The largest absolute Gasteiger partial charge is 0.395 e. The van der Waals surface area contributed by atoms with Gasteiger partial charge in [-0.1, -0.05) is 23.7 Å². The topological polar surface area (TPSA) is 69.2 Å². The molecule has 0 atom stereocenters. The van der Waals surface area contributed by atoms with Gasteiger partial charge in [-0.3, -0.25) is 4.79 Å². The summed E-state index contributed by atoms with van der Waals surface area (Å²) in [4.78, 5) is 21.2. The molecule has 0 bridgehead atoms. The Kier molecular flexibility index (Phi) is 5.98. The van der Waals surface area contributed by atoms with E-state index in [2.05, 4.69) is 9.97 Å². The molecule has 5 nitrogen and oxygen atoms in total.